The number of rotatable bonds is 9. The number of aliphatic hydroxyl groups excluding tert-OH is 1. The number of carbonyl (C=O) groups excluding carboxylic acids is 2. The second-order valence-electron chi connectivity index (χ2n) is 11.3. The first kappa shape index (κ1) is 29.9. The first-order chi connectivity index (χ1) is 20.8. The quantitative estimate of drug-likeness (QED) is 0.278. The van der Waals surface area contributed by atoms with E-state index in [4.69, 9.17) is 4.74 Å². The molecule has 0 radical (unpaired) electrons. The summed E-state index contributed by atoms with van der Waals surface area (Å²) in [6.07, 6.45) is 2.82. The smallest absolute Gasteiger partial charge is 0.258 e. The van der Waals surface area contributed by atoms with E-state index in [9.17, 15) is 14.7 Å². The minimum Gasteiger partial charge on any atom is -0.486 e. The summed E-state index contributed by atoms with van der Waals surface area (Å²) in [6.45, 7) is 5.46. The highest BCUT2D eigenvalue weighted by molar-refractivity contribution is 6.07. The van der Waals surface area contributed by atoms with Crippen molar-refractivity contribution >= 4 is 17.5 Å². The molecule has 5 rings (SSSR count). The Kier molecular flexibility index (Phi) is 9.49. The van der Waals surface area contributed by atoms with E-state index >= 15 is 0 Å². The number of amides is 2. The van der Waals surface area contributed by atoms with Gasteiger partial charge in [-0.05, 0) is 54.9 Å². The van der Waals surface area contributed by atoms with Crippen molar-refractivity contribution in [3.8, 4) is 16.9 Å². The fraction of sp³-hybridized carbons (Fsp3) is 0.286. The van der Waals surface area contributed by atoms with Crippen LogP contribution in [0.5, 0.6) is 5.75 Å². The molecule has 2 amide bonds. The van der Waals surface area contributed by atoms with Gasteiger partial charge in [-0.15, -0.1) is 0 Å². The molecule has 43 heavy (non-hydrogen) atoms. The largest absolute Gasteiger partial charge is 0.486 e. The van der Waals surface area contributed by atoms with Gasteiger partial charge >= 0.3 is 0 Å². The van der Waals surface area contributed by atoms with E-state index in [0.717, 1.165) is 0 Å². The number of carbonyl (C=O) groups is 2. The summed E-state index contributed by atoms with van der Waals surface area (Å²) in [4.78, 5) is 34.7. The van der Waals surface area contributed by atoms with Crippen molar-refractivity contribution in [2.45, 2.75) is 32.5 Å². The molecule has 222 valence electrons. The van der Waals surface area contributed by atoms with Gasteiger partial charge in [0.15, 0.2) is 5.75 Å². The number of aliphatic hydroxyl groups is 1. The summed E-state index contributed by atoms with van der Waals surface area (Å²) in [6, 6.07) is 26.9. The lowest BCUT2D eigenvalue weighted by atomic mass is 9.98. The molecule has 2 N–H and O–H groups in total. The number of pyridine rings is 1. The number of anilines is 1. The van der Waals surface area contributed by atoms with Crippen molar-refractivity contribution < 1.29 is 19.4 Å². The zero-order valence-electron chi connectivity index (χ0n) is 24.8. The van der Waals surface area contributed by atoms with Gasteiger partial charge < -0.3 is 20.1 Å². The van der Waals surface area contributed by atoms with Gasteiger partial charge in [0, 0.05) is 43.5 Å². The van der Waals surface area contributed by atoms with Gasteiger partial charge in [0.1, 0.15) is 6.10 Å². The molecular formula is C35H38N4O4. The Labute approximate surface area is 252 Å². The Hall–Kier alpha value is -4.53. The lowest BCUT2D eigenvalue weighted by Gasteiger charge is -2.38. The van der Waals surface area contributed by atoms with Crippen LogP contribution in [0.4, 0.5) is 5.69 Å². The third kappa shape index (κ3) is 7.10. The van der Waals surface area contributed by atoms with E-state index in [-0.39, 0.29) is 36.5 Å². The lowest BCUT2D eigenvalue weighted by Crippen LogP contribution is -2.49. The van der Waals surface area contributed by atoms with Crippen LogP contribution in [0.1, 0.15) is 40.1 Å². The number of hydrogen-bond donors (Lipinski definition) is 2. The van der Waals surface area contributed by atoms with Gasteiger partial charge in [-0.1, -0.05) is 67.6 Å². The van der Waals surface area contributed by atoms with Crippen LogP contribution in [-0.2, 0) is 6.54 Å². The highest BCUT2D eigenvalue weighted by Crippen LogP contribution is 2.35. The molecule has 8 heteroatoms. The summed E-state index contributed by atoms with van der Waals surface area (Å²) in [5.41, 5.74) is 4.75. The van der Waals surface area contributed by atoms with Gasteiger partial charge in [0.05, 0.1) is 23.9 Å². The first-order valence-electron chi connectivity index (χ1n) is 14.6. The molecule has 4 aromatic rings. The number of likely N-dealkylation sites (N-methyl/N-ethyl adjacent to an activating group) is 1. The maximum Gasteiger partial charge on any atom is 0.258 e. The molecule has 0 bridgehead atoms. The van der Waals surface area contributed by atoms with Crippen LogP contribution in [0.15, 0.2) is 97.3 Å². The maximum absolute atomic E-state index is 13.7. The topological polar surface area (TPSA) is 95.0 Å². The molecule has 0 spiro atoms. The summed E-state index contributed by atoms with van der Waals surface area (Å²) in [5, 5.41) is 12.9. The predicted octanol–water partition coefficient (Wildman–Crippen LogP) is 5.35. The molecule has 2 heterocycles. The Bertz CT molecular complexity index is 1530. The Balaban J connectivity index is 1.39. The normalized spacial score (nSPS) is 17.4. The minimum absolute atomic E-state index is 0.0574. The second kappa shape index (κ2) is 13.6. The summed E-state index contributed by atoms with van der Waals surface area (Å²) in [5.74, 6) is -0.288. The van der Waals surface area contributed by atoms with Crippen LogP contribution in [0, 0.1) is 5.92 Å². The minimum atomic E-state index is -0.377. The van der Waals surface area contributed by atoms with E-state index in [1.165, 1.54) is 16.7 Å². The van der Waals surface area contributed by atoms with Gasteiger partial charge in [-0.25, -0.2) is 0 Å². The van der Waals surface area contributed by atoms with Gasteiger partial charge in [-0.2, -0.15) is 0 Å². The molecule has 8 nitrogen and oxygen atoms in total. The summed E-state index contributed by atoms with van der Waals surface area (Å²) >= 11 is 0. The summed E-state index contributed by atoms with van der Waals surface area (Å²) < 4.78 is 6.66. The number of nitrogens with zero attached hydrogens (tertiary/aromatic N) is 3. The molecule has 0 fully saturated rings. The molecule has 0 aliphatic carbocycles. The molecule has 3 aromatic carbocycles. The van der Waals surface area contributed by atoms with Crippen LogP contribution in [-0.4, -0.2) is 70.6 Å². The van der Waals surface area contributed by atoms with Gasteiger partial charge in [0.25, 0.3) is 11.8 Å². The third-order valence-corrected chi connectivity index (χ3v) is 7.89. The van der Waals surface area contributed by atoms with Crippen molar-refractivity contribution in [2.24, 2.45) is 5.92 Å². The van der Waals surface area contributed by atoms with E-state index in [0.29, 0.717) is 42.2 Å². The fourth-order valence-corrected chi connectivity index (χ4v) is 5.37. The predicted molar refractivity (Wildman–Crippen MR) is 168 cm³/mol. The Morgan fingerprint density at radius 1 is 1.02 bits per heavy atom. The highest BCUT2D eigenvalue weighted by Gasteiger charge is 2.34. The summed E-state index contributed by atoms with van der Waals surface area (Å²) in [7, 11) is 2.05. The lowest BCUT2D eigenvalue weighted by molar-refractivity contribution is 0.0343. The fourth-order valence-electron chi connectivity index (χ4n) is 5.37. The number of para-hydroxylation sites is 1. The van der Waals surface area contributed by atoms with Crippen LogP contribution in [0.2, 0.25) is 0 Å². The molecule has 1 aromatic heterocycles. The standard InChI is InChI=1S/C35H38N4O4/c1-24-20-39(25(2)23-40)35(42)30-10-7-11-31(37-34(41)29-16-18-36-19-17-29)33(30)43-32(24)22-38(3)21-26-12-14-28(15-13-26)27-8-5-4-6-9-27/h4-19,24-25,32,40H,20-23H2,1-3H3,(H,37,41)/t24-,25-,32+/m0/s1. The molecule has 1 aliphatic rings. The first-order valence-corrected chi connectivity index (χ1v) is 14.6. The molecule has 0 saturated heterocycles. The number of hydrogen-bond acceptors (Lipinski definition) is 6. The van der Waals surface area contributed by atoms with E-state index in [1.54, 1.807) is 47.6 Å². The van der Waals surface area contributed by atoms with Crippen molar-refractivity contribution in [3.63, 3.8) is 0 Å². The van der Waals surface area contributed by atoms with E-state index in [2.05, 4.69) is 65.6 Å². The molecule has 0 unspecified atom stereocenters. The monoisotopic (exact) mass is 578 g/mol. The van der Waals surface area contributed by atoms with Gasteiger partial charge in [0.2, 0.25) is 0 Å². The van der Waals surface area contributed by atoms with Crippen LogP contribution < -0.4 is 10.1 Å². The van der Waals surface area contributed by atoms with Crippen molar-refractivity contribution in [1.29, 1.82) is 0 Å². The number of fused-ring (bicyclic) bond motifs is 1. The van der Waals surface area contributed by atoms with Crippen LogP contribution in [0.25, 0.3) is 11.1 Å². The van der Waals surface area contributed by atoms with E-state index < -0.39 is 0 Å². The third-order valence-electron chi connectivity index (χ3n) is 7.89. The molecular weight excluding hydrogens is 540 g/mol. The molecule has 1 aliphatic heterocycles. The Morgan fingerprint density at radius 2 is 1.72 bits per heavy atom. The average molecular weight is 579 g/mol. The van der Waals surface area contributed by atoms with E-state index in [1.807, 2.05) is 25.1 Å². The maximum atomic E-state index is 13.7. The number of aromatic nitrogens is 1. The average Bonchev–Trinajstić information content (AvgIpc) is 3.03. The number of ether oxygens (including phenoxy) is 1. The van der Waals surface area contributed by atoms with Crippen molar-refractivity contribution in [2.75, 3.05) is 32.1 Å². The SMILES string of the molecule is C[C@H]1CN([C@@H](C)CO)C(=O)c2cccc(NC(=O)c3ccncc3)c2O[C@@H]1CN(C)Cc1ccc(-c2ccccc2)cc1. The highest BCUT2D eigenvalue weighted by atomic mass is 16.5. The Morgan fingerprint density at radius 3 is 2.42 bits per heavy atom. The molecule has 3 atom stereocenters. The van der Waals surface area contributed by atoms with Crippen LogP contribution in [0.3, 0.4) is 0 Å². The van der Waals surface area contributed by atoms with Gasteiger partial charge in [-0.3, -0.25) is 19.5 Å². The van der Waals surface area contributed by atoms with Crippen molar-refractivity contribution in [1.82, 2.24) is 14.8 Å². The van der Waals surface area contributed by atoms with Crippen LogP contribution >= 0.6 is 0 Å². The second-order valence-corrected chi connectivity index (χ2v) is 11.3. The number of benzene rings is 3. The zero-order chi connectivity index (χ0) is 30.3. The molecule has 0 saturated carbocycles. The number of nitrogens with one attached hydrogen (secondary N) is 1. The zero-order valence-corrected chi connectivity index (χ0v) is 24.8. The van der Waals surface area contributed by atoms with Crippen molar-refractivity contribution in [3.05, 3.63) is 114 Å².